The minimum absolute atomic E-state index is 0.281. The topological polar surface area (TPSA) is 3.24 Å². The molecule has 58 valence electrons. The fourth-order valence-electron chi connectivity index (χ4n) is 2.37. The minimum atomic E-state index is 0.281. The number of thiol groups is 1. The van der Waals surface area contributed by atoms with Gasteiger partial charge >= 0.3 is 0 Å². The number of nitrogens with zero attached hydrogens (tertiary/aromatic N) is 1. The lowest BCUT2D eigenvalue weighted by Gasteiger charge is -2.38. The molecule has 0 aliphatic carbocycles. The van der Waals surface area contributed by atoms with Gasteiger partial charge in [0.15, 0.2) is 0 Å². The number of fused-ring (bicyclic) bond motifs is 2. The van der Waals surface area contributed by atoms with Crippen molar-refractivity contribution in [2.24, 2.45) is 0 Å². The Balaban J connectivity index is 2.21. The van der Waals surface area contributed by atoms with Crippen molar-refractivity contribution in [1.82, 2.24) is 4.90 Å². The monoisotopic (exact) mass is 157 g/mol. The summed E-state index contributed by atoms with van der Waals surface area (Å²) < 4.78 is 0. The standard InChI is InChI=1S/C8H15NS/c1-9-7-3-2-5-8(9,10)6-4-7/h7,10H,2-6H2,1H3. The van der Waals surface area contributed by atoms with Crippen LogP contribution in [-0.4, -0.2) is 22.9 Å². The first-order valence-electron chi connectivity index (χ1n) is 4.18. The Bertz CT molecular complexity index is 144. The fraction of sp³-hybridized carbons (Fsp3) is 1.00. The Morgan fingerprint density at radius 1 is 1.40 bits per heavy atom. The average Bonchev–Trinajstić information content (AvgIpc) is 2.18. The van der Waals surface area contributed by atoms with Gasteiger partial charge in [-0.05, 0) is 39.2 Å². The third-order valence-electron chi connectivity index (χ3n) is 3.20. The third-order valence-corrected chi connectivity index (χ3v) is 3.96. The second-order valence-corrected chi connectivity index (χ2v) is 4.51. The van der Waals surface area contributed by atoms with Gasteiger partial charge in [-0.1, -0.05) is 0 Å². The SMILES string of the molecule is CN1C2CCCC1(S)CC2. The molecule has 2 heteroatoms. The Morgan fingerprint density at radius 2 is 2.20 bits per heavy atom. The highest BCUT2D eigenvalue weighted by Crippen LogP contribution is 2.44. The van der Waals surface area contributed by atoms with Crippen molar-refractivity contribution >= 4 is 12.6 Å². The predicted molar refractivity (Wildman–Crippen MR) is 46.4 cm³/mol. The summed E-state index contributed by atoms with van der Waals surface area (Å²) in [7, 11) is 2.23. The van der Waals surface area contributed by atoms with E-state index in [1.165, 1.54) is 32.1 Å². The lowest BCUT2D eigenvalue weighted by molar-refractivity contribution is 0.156. The number of piperidine rings is 1. The van der Waals surface area contributed by atoms with Gasteiger partial charge in [-0.3, -0.25) is 4.90 Å². The molecule has 0 saturated carbocycles. The van der Waals surface area contributed by atoms with Crippen molar-refractivity contribution in [3.05, 3.63) is 0 Å². The highest BCUT2D eigenvalue weighted by atomic mass is 32.1. The lowest BCUT2D eigenvalue weighted by atomic mass is 10.0. The summed E-state index contributed by atoms with van der Waals surface area (Å²) in [4.78, 5) is 2.75. The van der Waals surface area contributed by atoms with E-state index >= 15 is 0 Å². The summed E-state index contributed by atoms with van der Waals surface area (Å²) in [5.41, 5.74) is 0. The maximum atomic E-state index is 4.71. The van der Waals surface area contributed by atoms with Crippen LogP contribution < -0.4 is 0 Å². The molecule has 1 nitrogen and oxygen atoms in total. The molecule has 2 rings (SSSR count). The molecule has 0 radical (unpaired) electrons. The van der Waals surface area contributed by atoms with Crippen LogP contribution in [-0.2, 0) is 0 Å². The second-order valence-electron chi connectivity index (χ2n) is 3.68. The molecule has 0 amide bonds. The van der Waals surface area contributed by atoms with Crippen molar-refractivity contribution in [2.75, 3.05) is 7.05 Å². The van der Waals surface area contributed by atoms with Gasteiger partial charge in [0.05, 0.1) is 4.87 Å². The zero-order chi connectivity index (χ0) is 7.19. The van der Waals surface area contributed by atoms with Gasteiger partial charge in [-0.2, -0.15) is 12.6 Å². The Labute approximate surface area is 68.2 Å². The van der Waals surface area contributed by atoms with Crippen molar-refractivity contribution < 1.29 is 0 Å². The maximum absolute atomic E-state index is 4.71. The van der Waals surface area contributed by atoms with Crippen LogP contribution in [0.3, 0.4) is 0 Å². The minimum Gasteiger partial charge on any atom is -0.289 e. The van der Waals surface area contributed by atoms with Crippen LogP contribution in [0.2, 0.25) is 0 Å². The molecule has 2 atom stereocenters. The van der Waals surface area contributed by atoms with E-state index in [9.17, 15) is 0 Å². The number of hydrogen-bond acceptors (Lipinski definition) is 2. The lowest BCUT2D eigenvalue weighted by Crippen LogP contribution is -2.43. The zero-order valence-corrected chi connectivity index (χ0v) is 7.40. The van der Waals surface area contributed by atoms with Crippen molar-refractivity contribution in [2.45, 2.75) is 43.0 Å². The largest absolute Gasteiger partial charge is 0.289 e. The van der Waals surface area contributed by atoms with E-state index in [0.29, 0.717) is 0 Å². The molecule has 2 saturated heterocycles. The summed E-state index contributed by atoms with van der Waals surface area (Å²) in [6.45, 7) is 0. The molecule has 2 aliphatic heterocycles. The number of hydrogen-bond donors (Lipinski definition) is 1. The summed E-state index contributed by atoms with van der Waals surface area (Å²) >= 11 is 4.71. The normalized spacial score (nSPS) is 48.0. The van der Waals surface area contributed by atoms with E-state index in [-0.39, 0.29) is 4.87 Å². The fourth-order valence-corrected chi connectivity index (χ4v) is 2.82. The van der Waals surface area contributed by atoms with Crippen molar-refractivity contribution in [3.63, 3.8) is 0 Å². The summed E-state index contributed by atoms with van der Waals surface area (Å²) in [6, 6.07) is 0.853. The molecule has 0 N–H and O–H groups in total. The first-order valence-corrected chi connectivity index (χ1v) is 4.62. The molecule has 2 aliphatic rings. The molecular weight excluding hydrogens is 142 g/mol. The second kappa shape index (κ2) is 2.15. The Kier molecular flexibility index (Phi) is 1.50. The predicted octanol–water partition coefficient (Wildman–Crippen LogP) is 1.89. The van der Waals surface area contributed by atoms with Crippen LogP contribution in [0, 0.1) is 0 Å². The summed E-state index contributed by atoms with van der Waals surface area (Å²) in [6.07, 6.45) is 6.76. The summed E-state index contributed by atoms with van der Waals surface area (Å²) in [5.74, 6) is 0. The molecule has 10 heavy (non-hydrogen) atoms. The first-order chi connectivity index (χ1) is 4.72. The maximum Gasteiger partial charge on any atom is 0.0641 e. The Hall–Kier alpha value is 0.310. The van der Waals surface area contributed by atoms with Gasteiger partial charge in [0.2, 0.25) is 0 Å². The number of rotatable bonds is 0. The smallest absolute Gasteiger partial charge is 0.0641 e. The van der Waals surface area contributed by atoms with Gasteiger partial charge in [0, 0.05) is 6.04 Å². The van der Waals surface area contributed by atoms with Crippen LogP contribution in [0.5, 0.6) is 0 Å². The molecule has 0 aromatic heterocycles. The van der Waals surface area contributed by atoms with E-state index < -0.39 is 0 Å². The third kappa shape index (κ3) is 0.817. The van der Waals surface area contributed by atoms with Gasteiger partial charge in [0.25, 0.3) is 0 Å². The van der Waals surface area contributed by atoms with Crippen LogP contribution >= 0.6 is 12.6 Å². The van der Waals surface area contributed by atoms with Gasteiger partial charge in [-0.25, -0.2) is 0 Å². The van der Waals surface area contributed by atoms with Gasteiger partial charge in [-0.15, -0.1) is 0 Å². The van der Waals surface area contributed by atoms with Crippen molar-refractivity contribution in [1.29, 1.82) is 0 Å². The molecule has 2 fully saturated rings. The molecule has 0 spiro atoms. The molecule has 0 aromatic carbocycles. The van der Waals surface area contributed by atoms with Crippen molar-refractivity contribution in [3.8, 4) is 0 Å². The molecule has 0 aromatic rings. The van der Waals surface area contributed by atoms with E-state index in [1.54, 1.807) is 0 Å². The van der Waals surface area contributed by atoms with Crippen LogP contribution in [0.25, 0.3) is 0 Å². The van der Waals surface area contributed by atoms with Crippen LogP contribution in [0.1, 0.15) is 32.1 Å². The van der Waals surface area contributed by atoms with E-state index in [0.717, 1.165) is 6.04 Å². The average molecular weight is 157 g/mol. The molecule has 2 heterocycles. The quantitative estimate of drug-likeness (QED) is 0.526. The highest BCUT2D eigenvalue weighted by Gasteiger charge is 2.43. The summed E-state index contributed by atoms with van der Waals surface area (Å²) in [5, 5.41) is 0. The highest BCUT2D eigenvalue weighted by molar-refractivity contribution is 7.81. The molecule has 2 unspecified atom stereocenters. The molecular formula is C8H15NS. The van der Waals surface area contributed by atoms with E-state index in [4.69, 9.17) is 12.6 Å². The first kappa shape index (κ1) is 6.99. The van der Waals surface area contributed by atoms with E-state index in [2.05, 4.69) is 11.9 Å². The molecule has 2 bridgehead atoms. The van der Waals surface area contributed by atoms with Gasteiger partial charge in [0.1, 0.15) is 0 Å². The van der Waals surface area contributed by atoms with Gasteiger partial charge < -0.3 is 0 Å². The van der Waals surface area contributed by atoms with Crippen LogP contribution in [0.4, 0.5) is 0 Å². The zero-order valence-electron chi connectivity index (χ0n) is 6.51. The van der Waals surface area contributed by atoms with Crippen LogP contribution in [0.15, 0.2) is 0 Å². The van der Waals surface area contributed by atoms with E-state index in [1.807, 2.05) is 0 Å². The Morgan fingerprint density at radius 3 is 2.80 bits per heavy atom.